The summed E-state index contributed by atoms with van der Waals surface area (Å²) in [6, 6.07) is 4.83. The van der Waals surface area contributed by atoms with E-state index in [0.717, 1.165) is 29.9 Å². The van der Waals surface area contributed by atoms with E-state index >= 15 is 0 Å². The predicted molar refractivity (Wildman–Crippen MR) is 87.2 cm³/mol. The smallest absolute Gasteiger partial charge is 0.282 e. The van der Waals surface area contributed by atoms with Gasteiger partial charge in [-0.3, -0.25) is 4.55 Å². The van der Waals surface area contributed by atoms with Gasteiger partial charge in [0, 0.05) is 0 Å². The lowest BCUT2D eigenvalue weighted by atomic mass is 9.93. The molecule has 0 aliphatic rings. The van der Waals surface area contributed by atoms with Crippen molar-refractivity contribution in [2.45, 2.75) is 64.7 Å². The summed E-state index contributed by atoms with van der Waals surface area (Å²) in [5.74, 6) is 1.39. The molecule has 0 saturated carbocycles. The lowest BCUT2D eigenvalue weighted by molar-refractivity contribution is 0.436. The maximum atomic E-state index is 11.2. The number of aryl methyl sites for hydroxylation is 2. The number of rotatable bonds is 8. The molecule has 0 saturated heterocycles. The van der Waals surface area contributed by atoms with Crippen molar-refractivity contribution in [3.8, 4) is 0 Å². The summed E-state index contributed by atoms with van der Waals surface area (Å²) in [4.78, 5) is -0.00411. The van der Waals surface area contributed by atoms with Gasteiger partial charge in [0.15, 0.2) is 0 Å². The Labute approximate surface area is 129 Å². The molecule has 0 fully saturated rings. The highest BCUT2D eigenvalue weighted by atomic mass is 32.2. The highest BCUT2D eigenvalue weighted by Gasteiger charge is 2.12. The zero-order valence-electron chi connectivity index (χ0n) is 13.6. The quantitative estimate of drug-likeness (QED) is 0.712. The van der Waals surface area contributed by atoms with Gasteiger partial charge in [0.1, 0.15) is 0 Å². The first-order chi connectivity index (χ1) is 9.70. The van der Waals surface area contributed by atoms with Crippen LogP contribution in [0.1, 0.15) is 57.6 Å². The molecule has 21 heavy (non-hydrogen) atoms. The Morgan fingerprint density at radius 3 is 2.33 bits per heavy atom. The molecule has 0 heterocycles. The molecule has 1 aromatic rings. The molecule has 1 atom stereocenters. The molecule has 0 spiro atoms. The van der Waals surface area contributed by atoms with E-state index in [1.54, 1.807) is 12.1 Å². The van der Waals surface area contributed by atoms with Crippen LogP contribution in [0.4, 0.5) is 0 Å². The topological polar surface area (TPSA) is 54.4 Å². The molecule has 1 aromatic carbocycles. The first-order valence-electron chi connectivity index (χ1n) is 7.77. The molecular weight excluding hydrogens is 284 g/mol. The van der Waals surface area contributed by atoms with E-state index in [9.17, 15) is 8.42 Å². The van der Waals surface area contributed by atoms with Crippen LogP contribution in [0.3, 0.4) is 0 Å². The average Bonchev–Trinajstić information content (AvgIpc) is 2.36. The Bertz CT molecular complexity index is 547. The molecule has 0 bridgehead atoms. The van der Waals surface area contributed by atoms with Crippen LogP contribution in [0, 0.1) is 18.8 Å². The van der Waals surface area contributed by atoms with Gasteiger partial charge in [0.25, 0.3) is 10.1 Å². The van der Waals surface area contributed by atoms with E-state index in [2.05, 4.69) is 20.8 Å². The molecule has 0 radical (unpaired) electrons. The minimum atomic E-state index is -4.10. The van der Waals surface area contributed by atoms with Gasteiger partial charge in [0.05, 0.1) is 4.90 Å². The van der Waals surface area contributed by atoms with E-state index in [1.165, 1.54) is 25.3 Å². The average molecular weight is 312 g/mol. The van der Waals surface area contributed by atoms with Crippen molar-refractivity contribution in [2.24, 2.45) is 11.8 Å². The first kappa shape index (κ1) is 18.2. The zero-order chi connectivity index (χ0) is 16.0. The maximum absolute atomic E-state index is 11.2. The molecule has 0 aliphatic heterocycles. The molecule has 0 aliphatic carbocycles. The zero-order valence-corrected chi connectivity index (χ0v) is 14.4. The minimum Gasteiger partial charge on any atom is -0.282 e. The van der Waals surface area contributed by atoms with E-state index in [1.807, 2.05) is 6.92 Å². The Balaban J connectivity index is 2.59. The summed E-state index contributed by atoms with van der Waals surface area (Å²) in [5.41, 5.74) is 2.10. The first-order valence-corrected chi connectivity index (χ1v) is 9.21. The van der Waals surface area contributed by atoms with Crippen molar-refractivity contribution >= 4 is 10.1 Å². The van der Waals surface area contributed by atoms with Crippen LogP contribution in [-0.2, 0) is 16.5 Å². The Hall–Kier alpha value is -0.870. The Morgan fingerprint density at radius 1 is 1.10 bits per heavy atom. The van der Waals surface area contributed by atoms with Crippen LogP contribution in [0.15, 0.2) is 23.1 Å². The summed E-state index contributed by atoms with van der Waals surface area (Å²) in [6.45, 7) is 8.72. The fraction of sp³-hybridized carbons (Fsp3) is 0.647. The normalized spacial score (nSPS) is 13.6. The fourth-order valence-corrected chi connectivity index (χ4v) is 3.03. The van der Waals surface area contributed by atoms with Crippen LogP contribution >= 0.6 is 0 Å². The van der Waals surface area contributed by atoms with Crippen molar-refractivity contribution < 1.29 is 13.0 Å². The summed E-state index contributed by atoms with van der Waals surface area (Å²) < 4.78 is 31.5. The molecule has 120 valence electrons. The van der Waals surface area contributed by atoms with Gasteiger partial charge in [-0.05, 0) is 54.9 Å². The second-order valence-corrected chi connectivity index (χ2v) is 7.95. The van der Waals surface area contributed by atoms with Crippen LogP contribution in [0.5, 0.6) is 0 Å². The van der Waals surface area contributed by atoms with Gasteiger partial charge in [-0.1, -0.05) is 46.1 Å². The molecule has 0 amide bonds. The van der Waals surface area contributed by atoms with Gasteiger partial charge in [0.2, 0.25) is 0 Å². The van der Waals surface area contributed by atoms with Crippen molar-refractivity contribution in [3.63, 3.8) is 0 Å². The van der Waals surface area contributed by atoms with E-state index in [-0.39, 0.29) is 4.90 Å². The van der Waals surface area contributed by atoms with Gasteiger partial charge in [-0.2, -0.15) is 8.42 Å². The SMILES string of the molecule is Cc1ccc(S(=O)(=O)O)cc1CCC(C)CCCC(C)C. The lowest BCUT2D eigenvalue weighted by Gasteiger charge is -2.14. The number of hydrogen-bond donors (Lipinski definition) is 1. The van der Waals surface area contributed by atoms with E-state index in [4.69, 9.17) is 4.55 Å². The van der Waals surface area contributed by atoms with Crippen molar-refractivity contribution in [1.82, 2.24) is 0 Å². The van der Waals surface area contributed by atoms with Gasteiger partial charge >= 0.3 is 0 Å². The van der Waals surface area contributed by atoms with Gasteiger partial charge in [-0.25, -0.2) is 0 Å². The summed E-state index contributed by atoms with van der Waals surface area (Å²) in [5, 5.41) is 0. The Kier molecular flexibility index (Phi) is 6.88. The van der Waals surface area contributed by atoms with Crippen LogP contribution in [0.2, 0.25) is 0 Å². The van der Waals surface area contributed by atoms with Crippen LogP contribution in [0.25, 0.3) is 0 Å². The number of hydrogen-bond acceptors (Lipinski definition) is 2. The van der Waals surface area contributed by atoms with E-state index < -0.39 is 10.1 Å². The van der Waals surface area contributed by atoms with Crippen molar-refractivity contribution in [3.05, 3.63) is 29.3 Å². The third-order valence-corrected chi connectivity index (χ3v) is 4.85. The number of benzene rings is 1. The second kappa shape index (κ2) is 7.95. The van der Waals surface area contributed by atoms with Crippen molar-refractivity contribution in [2.75, 3.05) is 0 Å². The van der Waals surface area contributed by atoms with Crippen LogP contribution < -0.4 is 0 Å². The van der Waals surface area contributed by atoms with Gasteiger partial charge < -0.3 is 0 Å². The Morgan fingerprint density at radius 2 is 1.76 bits per heavy atom. The van der Waals surface area contributed by atoms with Crippen molar-refractivity contribution in [1.29, 1.82) is 0 Å². The summed E-state index contributed by atoms with van der Waals surface area (Å²) in [7, 11) is -4.10. The third-order valence-electron chi connectivity index (χ3n) is 4.00. The lowest BCUT2D eigenvalue weighted by Crippen LogP contribution is -2.03. The molecule has 1 N–H and O–H groups in total. The van der Waals surface area contributed by atoms with E-state index in [0.29, 0.717) is 5.92 Å². The fourth-order valence-electron chi connectivity index (χ4n) is 2.50. The predicted octanol–water partition coefficient (Wildman–Crippen LogP) is 4.64. The minimum absolute atomic E-state index is 0.00411. The summed E-state index contributed by atoms with van der Waals surface area (Å²) in [6.07, 6.45) is 5.64. The molecule has 1 unspecified atom stereocenters. The van der Waals surface area contributed by atoms with Crippen LogP contribution in [-0.4, -0.2) is 13.0 Å². The second-order valence-electron chi connectivity index (χ2n) is 6.53. The molecule has 0 aromatic heterocycles. The largest absolute Gasteiger partial charge is 0.294 e. The van der Waals surface area contributed by atoms with Gasteiger partial charge in [-0.15, -0.1) is 0 Å². The molecule has 3 nitrogen and oxygen atoms in total. The third kappa shape index (κ3) is 6.62. The standard InChI is InChI=1S/C17H28O3S/c1-13(2)6-5-7-14(3)8-10-16-12-17(21(18,19)20)11-9-15(16)4/h9,11-14H,5-8,10H2,1-4H3,(H,18,19,20). The monoisotopic (exact) mass is 312 g/mol. The summed E-state index contributed by atoms with van der Waals surface area (Å²) >= 11 is 0. The highest BCUT2D eigenvalue weighted by Crippen LogP contribution is 2.21. The molecule has 1 rings (SSSR count). The maximum Gasteiger partial charge on any atom is 0.294 e. The molecule has 4 heteroatoms. The highest BCUT2D eigenvalue weighted by molar-refractivity contribution is 7.85. The molecular formula is C17H28O3S.